The van der Waals surface area contributed by atoms with Gasteiger partial charge in [-0.05, 0) is 57.2 Å². The number of nitrogens with zero attached hydrogens (tertiary/aromatic N) is 4. The lowest BCUT2D eigenvalue weighted by molar-refractivity contribution is -0.143. The number of hydrogen-bond donors (Lipinski definition) is 0. The first kappa shape index (κ1) is 22.5. The van der Waals surface area contributed by atoms with Crippen LogP contribution >= 0.6 is 0 Å². The summed E-state index contributed by atoms with van der Waals surface area (Å²) in [5.74, 6) is -0.451. The normalized spacial score (nSPS) is 22.4. The van der Waals surface area contributed by atoms with Crippen molar-refractivity contribution in [3.05, 3.63) is 52.8 Å². The number of hydrogen-bond acceptors (Lipinski definition) is 5. The number of esters is 1. The van der Waals surface area contributed by atoms with Gasteiger partial charge in [0.05, 0.1) is 12.3 Å². The highest BCUT2D eigenvalue weighted by Crippen LogP contribution is 2.40. The van der Waals surface area contributed by atoms with Gasteiger partial charge in [-0.25, -0.2) is 14.3 Å². The molecule has 2 fully saturated rings. The van der Waals surface area contributed by atoms with E-state index in [9.17, 15) is 18.0 Å². The molecule has 2 atom stereocenters. The molecular weight excluding hydrogens is 457 g/mol. The van der Waals surface area contributed by atoms with E-state index in [-0.39, 0.29) is 35.9 Å². The molecule has 2 aliphatic heterocycles. The van der Waals surface area contributed by atoms with E-state index in [0.717, 1.165) is 42.4 Å². The Morgan fingerprint density at radius 1 is 1.09 bits per heavy atom. The standard InChI is InChI=1S/C26H27F3N4O2/c27-26(28,29)24-19-11-10-16-6-1-2-8-18(16)23(19)30-22-14-20(31-33(22)24)25(34)35-15-17-7-5-13-32-12-4-3-9-21(17)32/h1-2,6,8,14,17,21H,3-5,7,9-13,15H2/t17-,21-/m0/s1. The van der Waals surface area contributed by atoms with Crippen LogP contribution in [0, 0.1) is 5.92 Å². The highest BCUT2D eigenvalue weighted by atomic mass is 19.4. The lowest BCUT2D eigenvalue weighted by atomic mass is 9.84. The summed E-state index contributed by atoms with van der Waals surface area (Å²) < 4.78 is 49.1. The Morgan fingerprint density at radius 3 is 2.77 bits per heavy atom. The Labute approximate surface area is 201 Å². The average molecular weight is 485 g/mol. The van der Waals surface area contributed by atoms with Gasteiger partial charge in [-0.15, -0.1) is 0 Å². The van der Waals surface area contributed by atoms with Crippen LogP contribution in [0.2, 0.25) is 0 Å². The first-order valence-electron chi connectivity index (χ1n) is 12.4. The number of carbonyl (C=O) groups excluding carboxylic acids is 1. The fraction of sp³-hybridized carbons (Fsp3) is 0.500. The summed E-state index contributed by atoms with van der Waals surface area (Å²) in [6, 6.07) is 9.10. The summed E-state index contributed by atoms with van der Waals surface area (Å²) in [7, 11) is 0. The second-order valence-corrected chi connectivity index (χ2v) is 9.84. The van der Waals surface area contributed by atoms with Gasteiger partial charge in [0, 0.05) is 29.2 Å². The predicted molar refractivity (Wildman–Crippen MR) is 123 cm³/mol. The van der Waals surface area contributed by atoms with Crippen LogP contribution in [0.4, 0.5) is 13.2 Å². The molecule has 0 N–H and O–H groups in total. The fourth-order valence-corrected chi connectivity index (χ4v) is 6.15. The molecule has 0 unspecified atom stereocenters. The minimum Gasteiger partial charge on any atom is -0.461 e. The van der Waals surface area contributed by atoms with Gasteiger partial charge < -0.3 is 4.74 Å². The summed E-state index contributed by atoms with van der Waals surface area (Å²) in [5.41, 5.74) is 1.08. The van der Waals surface area contributed by atoms with Gasteiger partial charge in [-0.2, -0.15) is 18.3 Å². The Balaban J connectivity index is 1.32. The molecule has 2 aromatic heterocycles. The zero-order valence-electron chi connectivity index (χ0n) is 19.4. The van der Waals surface area contributed by atoms with Crippen LogP contribution in [0.1, 0.15) is 59.4 Å². The zero-order chi connectivity index (χ0) is 24.2. The van der Waals surface area contributed by atoms with E-state index < -0.39 is 17.8 Å². The minimum atomic E-state index is -4.64. The fourth-order valence-electron chi connectivity index (χ4n) is 6.15. The van der Waals surface area contributed by atoms with Crippen LogP contribution in [0.5, 0.6) is 0 Å². The molecule has 1 aromatic carbocycles. The molecule has 6 rings (SSSR count). The Morgan fingerprint density at radius 2 is 1.91 bits per heavy atom. The van der Waals surface area contributed by atoms with Crippen LogP contribution in [0.15, 0.2) is 30.3 Å². The number of piperidine rings is 2. The topological polar surface area (TPSA) is 59.7 Å². The molecule has 3 aromatic rings. The quantitative estimate of drug-likeness (QED) is 0.493. The average Bonchev–Trinajstić information content (AvgIpc) is 3.28. The van der Waals surface area contributed by atoms with Gasteiger partial charge in [-0.3, -0.25) is 4.90 Å². The van der Waals surface area contributed by atoms with Crippen molar-refractivity contribution >= 4 is 11.6 Å². The molecule has 2 saturated heterocycles. The van der Waals surface area contributed by atoms with Crippen LogP contribution in [0.3, 0.4) is 0 Å². The van der Waals surface area contributed by atoms with E-state index in [1.54, 1.807) is 12.1 Å². The van der Waals surface area contributed by atoms with Crippen LogP contribution < -0.4 is 0 Å². The number of aromatic nitrogens is 3. The molecule has 9 heteroatoms. The predicted octanol–water partition coefficient (Wildman–Crippen LogP) is 4.94. The summed E-state index contributed by atoms with van der Waals surface area (Å²) in [5, 5.41) is 4.04. The van der Waals surface area contributed by atoms with Crippen LogP contribution in [-0.4, -0.2) is 51.2 Å². The van der Waals surface area contributed by atoms with E-state index in [1.807, 2.05) is 12.1 Å². The summed E-state index contributed by atoms with van der Waals surface area (Å²) in [4.78, 5) is 19.9. The molecule has 0 radical (unpaired) electrons. The molecular formula is C26H27F3N4O2. The number of halogens is 3. The smallest absolute Gasteiger partial charge is 0.433 e. The number of fused-ring (bicyclic) bond motifs is 5. The molecule has 0 saturated carbocycles. The lowest BCUT2D eigenvalue weighted by Crippen LogP contribution is -2.49. The van der Waals surface area contributed by atoms with Crippen molar-refractivity contribution in [2.24, 2.45) is 5.92 Å². The molecule has 4 heterocycles. The molecule has 3 aliphatic rings. The van der Waals surface area contributed by atoms with Gasteiger partial charge in [0.2, 0.25) is 0 Å². The molecule has 1 aliphatic carbocycles. The maximum Gasteiger partial charge on any atom is 0.433 e. The van der Waals surface area contributed by atoms with Crippen LogP contribution in [0.25, 0.3) is 16.9 Å². The first-order valence-corrected chi connectivity index (χ1v) is 12.4. The number of benzene rings is 1. The maximum absolute atomic E-state index is 14.2. The summed E-state index contributed by atoms with van der Waals surface area (Å²) >= 11 is 0. The van der Waals surface area contributed by atoms with Crippen molar-refractivity contribution in [3.63, 3.8) is 0 Å². The maximum atomic E-state index is 14.2. The SMILES string of the molecule is O=C(OC[C@@H]1CCCN2CCCC[C@@H]12)c1cc2nc3c(c(C(F)(F)F)n2n1)CCc1ccccc1-3. The number of rotatable bonds is 3. The minimum absolute atomic E-state index is 0.00384. The van der Waals surface area contributed by atoms with E-state index in [0.29, 0.717) is 23.7 Å². The highest BCUT2D eigenvalue weighted by molar-refractivity contribution is 5.88. The Hall–Kier alpha value is -2.94. The number of alkyl halides is 3. The molecule has 35 heavy (non-hydrogen) atoms. The van der Waals surface area contributed by atoms with Crippen molar-refractivity contribution < 1.29 is 22.7 Å². The summed E-state index contributed by atoms with van der Waals surface area (Å²) in [6.07, 6.45) is 1.60. The molecule has 184 valence electrons. The van der Waals surface area contributed by atoms with E-state index in [1.165, 1.54) is 18.9 Å². The van der Waals surface area contributed by atoms with Crippen molar-refractivity contribution in [3.8, 4) is 11.3 Å². The van der Waals surface area contributed by atoms with Crippen molar-refractivity contribution in [2.45, 2.75) is 57.2 Å². The highest BCUT2D eigenvalue weighted by Gasteiger charge is 2.40. The van der Waals surface area contributed by atoms with E-state index in [2.05, 4.69) is 15.0 Å². The third kappa shape index (κ3) is 3.99. The summed E-state index contributed by atoms with van der Waals surface area (Å²) in [6.45, 7) is 2.43. The number of ether oxygens (including phenoxy) is 1. The second kappa shape index (κ2) is 8.62. The van der Waals surface area contributed by atoms with Crippen molar-refractivity contribution in [2.75, 3.05) is 19.7 Å². The second-order valence-electron chi connectivity index (χ2n) is 9.84. The largest absolute Gasteiger partial charge is 0.461 e. The van der Waals surface area contributed by atoms with E-state index in [4.69, 9.17) is 4.74 Å². The van der Waals surface area contributed by atoms with Gasteiger partial charge in [0.15, 0.2) is 17.0 Å². The molecule has 6 nitrogen and oxygen atoms in total. The number of aryl methyl sites for hydroxylation is 1. The van der Waals surface area contributed by atoms with Crippen LogP contribution in [-0.2, 0) is 23.8 Å². The van der Waals surface area contributed by atoms with Gasteiger partial charge >= 0.3 is 12.1 Å². The zero-order valence-corrected chi connectivity index (χ0v) is 19.4. The number of carbonyl (C=O) groups is 1. The van der Waals surface area contributed by atoms with Crippen molar-refractivity contribution in [1.29, 1.82) is 0 Å². The third-order valence-electron chi connectivity index (χ3n) is 7.75. The first-order chi connectivity index (χ1) is 16.9. The molecule has 0 bridgehead atoms. The van der Waals surface area contributed by atoms with Gasteiger partial charge in [0.1, 0.15) is 0 Å². The third-order valence-corrected chi connectivity index (χ3v) is 7.75. The van der Waals surface area contributed by atoms with Crippen molar-refractivity contribution in [1.82, 2.24) is 19.5 Å². The van der Waals surface area contributed by atoms with Gasteiger partial charge in [-0.1, -0.05) is 30.7 Å². The molecule has 0 amide bonds. The Bertz CT molecular complexity index is 1280. The molecule has 0 spiro atoms. The Kier molecular flexibility index (Phi) is 5.55. The van der Waals surface area contributed by atoms with Gasteiger partial charge in [0.25, 0.3) is 0 Å². The van der Waals surface area contributed by atoms with E-state index >= 15 is 0 Å². The monoisotopic (exact) mass is 484 g/mol. The lowest BCUT2D eigenvalue weighted by Gasteiger charge is -2.44.